The zero-order valence-corrected chi connectivity index (χ0v) is 8.48. The lowest BCUT2D eigenvalue weighted by molar-refractivity contribution is 0.0943. The summed E-state index contributed by atoms with van der Waals surface area (Å²) in [4.78, 5) is 0. The molecule has 14 heavy (non-hydrogen) atoms. The van der Waals surface area contributed by atoms with E-state index in [1.54, 1.807) is 0 Å². The predicted molar refractivity (Wildman–Crippen MR) is 57.3 cm³/mol. The highest BCUT2D eigenvalue weighted by Crippen LogP contribution is 2.24. The van der Waals surface area contributed by atoms with Gasteiger partial charge in [-0.2, -0.15) is 0 Å². The molecular weight excluding hydrogens is 174 g/mol. The molecule has 2 N–H and O–H groups in total. The molecule has 1 heterocycles. The van der Waals surface area contributed by atoms with Crippen molar-refractivity contribution in [3.05, 3.63) is 35.9 Å². The fourth-order valence-corrected chi connectivity index (χ4v) is 2.02. The Morgan fingerprint density at radius 3 is 2.64 bits per heavy atom. The number of piperidine rings is 1. The Morgan fingerprint density at radius 1 is 1.29 bits per heavy atom. The Bertz CT molecular complexity index is 286. The largest absolute Gasteiger partial charge is 0.391 e. The van der Waals surface area contributed by atoms with Crippen LogP contribution in [0.3, 0.4) is 0 Å². The molecule has 2 rings (SSSR count). The third-order valence-corrected chi connectivity index (χ3v) is 3.06. The van der Waals surface area contributed by atoms with Crippen molar-refractivity contribution in [3.63, 3.8) is 0 Å². The number of rotatable bonds is 1. The Morgan fingerprint density at radius 2 is 2.00 bits per heavy atom. The van der Waals surface area contributed by atoms with Crippen LogP contribution in [-0.4, -0.2) is 23.8 Å². The lowest BCUT2D eigenvalue weighted by atomic mass is 9.87. The van der Waals surface area contributed by atoms with Gasteiger partial charge in [-0.3, -0.25) is 0 Å². The molecule has 2 nitrogen and oxygen atoms in total. The first-order valence-corrected chi connectivity index (χ1v) is 5.24. The predicted octanol–water partition coefficient (Wildman–Crippen LogP) is 1.51. The molecule has 1 aromatic carbocycles. The van der Waals surface area contributed by atoms with Crippen molar-refractivity contribution >= 4 is 0 Å². The number of hydrogen-bond acceptors (Lipinski definition) is 2. The van der Waals surface area contributed by atoms with Gasteiger partial charge in [0, 0.05) is 12.6 Å². The molecule has 2 heteroatoms. The maximum Gasteiger partial charge on any atom is 0.0696 e. The molecule has 0 saturated carbocycles. The lowest BCUT2D eigenvalue weighted by Crippen LogP contribution is -2.45. The molecule has 0 radical (unpaired) electrons. The molecule has 0 unspecified atom stereocenters. The van der Waals surface area contributed by atoms with Crippen molar-refractivity contribution in [1.29, 1.82) is 0 Å². The van der Waals surface area contributed by atoms with Crippen LogP contribution in [0.4, 0.5) is 0 Å². The van der Waals surface area contributed by atoms with Gasteiger partial charge in [0.2, 0.25) is 0 Å². The Kier molecular flexibility index (Phi) is 2.85. The number of aliphatic hydroxyl groups excluding tert-OH is 1. The summed E-state index contributed by atoms with van der Waals surface area (Å²) in [5.41, 5.74) is 1.32. The van der Waals surface area contributed by atoms with Crippen molar-refractivity contribution in [3.8, 4) is 0 Å². The summed E-state index contributed by atoms with van der Waals surface area (Å²) in [5.74, 6) is 0.461. The summed E-state index contributed by atoms with van der Waals surface area (Å²) >= 11 is 0. The van der Waals surface area contributed by atoms with Crippen molar-refractivity contribution in [2.45, 2.75) is 31.4 Å². The minimum absolute atomic E-state index is 0.214. The quantitative estimate of drug-likeness (QED) is 0.705. The second kappa shape index (κ2) is 4.11. The molecule has 3 atom stereocenters. The van der Waals surface area contributed by atoms with Gasteiger partial charge in [0.25, 0.3) is 0 Å². The zero-order chi connectivity index (χ0) is 9.97. The second-order valence-corrected chi connectivity index (χ2v) is 4.11. The summed E-state index contributed by atoms with van der Waals surface area (Å²) in [7, 11) is 0. The highest BCUT2D eigenvalue weighted by molar-refractivity contribution is 5.21. The van der Waals surface area contributed by atoms with E-state index in [1.807, 2.05) is 13.0 Å². The van der Waals surface area contributed by atoms with Crippen molar-refractivity contribution in [2.75, 3.05) is 6.54 Å². The fourth-order valence-electron chi connectivity index (χ4n) is 2.02. The first-order chi connectivity index (χ1) is 6.77. The van der Waals surface area contributed by atoms with Crippen LogP contribution in [0.25, 0.3) is 0 Å². The molecule has 0 aliphatic carbocycles. The molecule has 1 fully saturated rings. The third kappa shape index (κ3) is 1.97. The SMILES string of the molecule is C[C@H]1NC[C@H](c2ccccc2)C[C@@H]1O. The van der Waals surface area contributed by atoms with Crippen LogP contribution in [0, 0.1) is 0 Å². The van der Waals surface area contributed by atoms with Crippen molar-refractivity contribution < 1.29 is 5.11 Å². The summed E-state index contributed by atoms with van der Waals surface area (Å²) in [6, 6.07) is 10.6. The summed E-state index contributed by atoms with van der Waals surface area (Å²) in [6.07, 6.45) is 0.659. The van der Waals surface area contributed by atoms with E-state index in [0.717, 1.165) is 13.0 Å². The standard InChI is InChI=1S/C12H17NO/c1-9-12(14)7-11(8-13-9)10-5-3-2-4-6-10/h2-6,9,11-14H,7-8H2,1H3/t9-,11-,12+/m1/s1. The van der Waals surface area contributed by atoms with Gasteiger partial charge in [-0.1, -0.05) is 30.3 Å². The minimum Gasteiger partial charge on any atom is -0.391 e. The zero-order valence-electron chi connectivity index (χ0n) is 8.48. The topological polar surface area (TPSA) is 32.3 Å². The van der Waals surface area contributed by atoms with E-state index in [2.05, 4.69) is 29.6 Å². The molecule has 0 amide bonds. The summed E-state index contributed by atoms with van der Waals surface area (Å²) < 4.78 is 0. The van der Waals surface area contributed by atoms with E-state index in [4.69, 9.17) is 0 Å². The Hall–Kier alpha value is -0.860. The summed E-state index contributed by atoms with van der Waals surface area (Å²) in [5, 5.41) is 13.1. The fraction of sp³-hybridized carbons (Fsp3) is 0.500. The molecule has 0 spiro atoms. The number of hydrogen-bond donors (Lipinski definition) is 2. The molecule has 76 valence electrons. The lowest BCUT2D eigenvalue weighted by Gasteiger charge is -2.32. The van der Waals surface area contributed by atoms with Gasteiger partial charge in [0.15, 0.2) is 0 Å². The third-order valence-electron chi connectivity index (χ3n) is 3.06. The van der Waals surface area contributed by atoms with Crippen LogP contribution in [-0.2, 0) is 0 Å². The molecular formula is C12H17NO. The average molecular weight is 191 g/mol. The maximum absolute atomic E-state index is 9.75. The van der Waals surface area contributed by atoms with Crippen LogP contribution in [0.1, 0.15) is 24.8 Å². The smallest absolute Gasteiger partial charge is 0.0696 e. The highest BCUT2D eigenvalue weighted by atomic mass is 16.3. The molecule has 1 aliphatic heterocycles. The molecule has 1 aromatic rings. The first kappa shape index (κ1) is 9.69. The van der Waals surface area contributed by atoms with Crippen LogP contribution < -0.4 is 5.32 Å². The number of benzene rings is 1. The molecule has 1 aliphatic rings. The van der Waals surface area contributed by atoms with E-state index in [0.29, 0.717) is 5.92 Å². The van der Waals surface area contributed by atoms with Gasteiger partial charge < -0.3 is 10.4 Å². The van der Waals surface area contributed by atoms with Gasteiger partial charge in [0.05, 0.1) is 6.10 Å². The minimum atomic E-state index is -0.214. The van der Waals surface area contributed by atoms with E-state index < -0.39 is 0 Å². The highest BCUT2D eigenvalue weighted by Gasteiger charge is 2.26. The van der Waals surface area contributed by atoms with Gasteiger partial charge in [-0.25, -0.2) is 0 Å². The second-order valence-electron chi connectivity index (χ2n) is 4.11. The molecule has 0 aromatic heterocycles. The number of nitrogens with one attached hydrogen (secondary N) is 1. The molecule has 1 saturated heterocycles. The van der Waals surface area contributed by atoms with Gasteiger partial charge in [0.1, 0.15) is 0 Å². The van der Waals surface area contributed by atoms with Gasteiger partial charge in [-0.15, -0.1) is 0 Å². The number of aliphatic hydroxyl groups is 1. The van der Waals surface area contributed by atoms with Crippen molar-refractivity contribution in [2.24, 2.45) is 0 Å². The molecule has 0 bridgehead atoms. The maximum atomic E-state index is 9.75. The normalized spacial score (nSPS) is 32.9. The van der Waals surface area contributed by atoms with Crippen LogP contribution in [0.2, 0.25) is 0 Å². The van der Waals surface area contributed by atoms with Gasteiger partial charge >= 0.3 is 0 Å². The van der Waals surface area contributed by atoms with E-state index in [1.165, 1.54) is 5.56 Å². The van der Waals surface area contributed by atoms with Crippen LogP contribution >= 0.6 is 0 Å². The van der Waals surface area contributed by atoms with E-state index in [9.17, 15) is 5.11 Å². The van der Waals surface area contributed by atoms with Gasteiger partial charge in [-0.05, 0) is 24.8 Å². The van der Waals surface area contributed by atoms with Crippen LogP contribution in [0.5, 0.6) is 0 Å². The Labute approximate surface area is 85.0 Å². The monoisotopic (exact) mass is 191 g/mol. The van der Waals surface area contributed by atoms with Crippen LogP contribution in [0.15, 0.2) is 30.3 Å². The van der Waals surface area contributed by atoms with E-state index in [-0.39, 0.29) is 12.1 Å². The van der Waals surface area contributed by atoms with Crippen molar-refractivity contribution in [1.82, 2.24) is 5.32 Å². The first-order valence-electron chi connectivity index (χ1n) is 5.24. The van der Waals surface area contributed by atoms with E-state index >= 15 is 0 Å². The summed E-state index contributed by atoms with van der Waals surface area (Å²) in [6.45, 7) is 3.01. The average Bonchev–Trinajstić information content (AvgIpc) is 2.23. The Balaban J connectivity index is 2.07.